The van der Waals surface area contributed by atoms with E-state index in [-0.39, 0.29) is 5.91 Å². The number of sulfonamides is 1. The van der Waals surface area contributed by atoms with Crippen LogP contribution in [0.1, 0.15) is 23.2 Å². The number of nitrogens with zero attached hydrogens (tertiary/aromatic N) is 1. The van der Waals surface area contributed by atoms with Crippen molar-refractivity contribution in [3.05, 3.63) is 71.2 Å². The van der Waals surface area contributed by atoms with E-state index in [1.54, 1.807) is 58.9 Å². The van der Waals surface area contributed by atoms with Gasteiger partial charge in [-0.1, -0.05) is 23.7 Å². The van der Waals surface area contributed by atoms with Gasteiger partial charge in [-0.2, -0.15) is 4.31 Å². The van der Waals surface area contributed by atoms with Gasteiger partial charge in [0.2, 0.25) is 0 Å². The lowest BCUT2D eigenvalue weighted by Gasteiger charge is -2.13. The van der Waals surface area contributed by atoms with Crippen molar-refractivity contribution in [2.24, 2.45) is 0 Å². The Morgan fingerprint density at radius 1 is 1.00 bits per heavy atom. The van der Waals surface area contributed by atoms with E-state index in [9.17, 15) is 13.2 Å². The second-order valence-corrected chi connectivity index (χ2v) is 10.5. The number of carbonyl (C=O) groups is 1. The van der Waals surface area contributed by atoms with Crippen LogP contribution in [0.15, 0.2) is 64.9 Å². The van der Waals surface area contributed by atoms with Crippen LogP contribution < -0.4 is 5.32 Å². The summed E-state index contributed by atoms with van der Waals surface area (Å²) in [5.41, 5.74) is 1.95. The molecule has 1 aliphatic heterocycles. The summed E-state index contributed by atoms with van der Waals surface area (Å²) in [7, 11) is -3.43. The molecule has 0 aliphatic carbocycles. The number of halogens is 1. The van der Waals surface area contributed by atoms with Gasteiger partial charge in [0.25, 0.3) is 15.9 Å². The monoisotopic (exact) mass is 446 g/mol. The van der Waals surface area contributed by atoms with Crippen LogP contribution in [0, 0.1) is 0 Å². The van der Waals surface area contributed by atoms with Crippen molar-refractivity contribution in [1.82, 2.24) is 4.31 Å². The summed E-state index contributed by atoms with van der Waals surface area (Å²) in [5, 5.41) is 3.43. The first-order valence-corrected chi connectivity index (χ1v) is 11.8. The summed E-state index contributed by atoms with van der Waals surface area (Å²) in [4.78, 5) is 13.4. The Labute approximate surface area is 179 Å². The van der Waals surface area contributed by atoms with Crippen molar-refractivity contribution in [3.63, 3.8) is 0 Å². The number of thiophene rings is 1. The van der Waals surface area contributed by atoms with E-state index in [0.717, 1.165) is 23.3 Å². The van der Waals surface area contributed by atoms with E-state index in [0.29, 0.717) is 33.6 Å². The van der Waals surface area contributed by atoms with Gasteiger partial charge in [0, 0.05) is 34.2 Å². The number of carbonyl (C=O) groups excluding carboxylic acids is 1. The van der Waals surface area contributed by atoms with E-state index in [1.165, 1.54) is 11.3 Å². The van der Waals surface area contributed by atoms with E-state index >= 15 is 0 Å². The van der Waals surface area contributed by atoms with Gasteiger partial charge in [-0.15, -0.1) is 11.3 Å². The number of rotatable bonds is 5. The van der Waals surface area contributed by atoms with Crippen molar-refractivity contribution in [3.8, 4) is 10.4 Å². The lowest BCUT2D eigenvalue weighted by molar-refractivity contribution is 0.102. The first-order valence-electron chi connectivity index (χ1n) is 9.21. The third kappa shape index (κ3) is 4.38. The van der Waals surface area contributed by atoms with Crippen LogP contribution in [0.5, 0.6) is 0 Å². The molecule has 0 unspecified atom stereocenters. The Morgan fingerprint density at radius 3 is 2.45 bits per heavy atom. The van der Waals surface area contributed by atoms with Crippen LogP contribution in [0.3, 0.4) is 0 Å². The fraction of sp³-hybridized carbons (Fsp3) is 0.190. The van der Waals surface area contributed by atoms with Crippen molar-refractivity contribution in [1.29, 1.82) is 0 Å². The van der Waals surface area contributed by atoms with E-state index in [1.807, 2.05) is 6.07 Å². The van der Waals surface area contributed by atoms with Gasteiger partial charge in [0.1, 0.15) is 4.21 Å². The van der Waals surface area contributed by atoms with Crippen LogP contribution in [0.2, 0.25) is 5.02 Å². The molecule has 1 aliphatic rings. The molecular weight excluding hydrogens is 428 g/mol. The fourth-order valence-electron chi connectivity index (χ4n) is 3.22. The smallest absolute Gasteiger partial charge is 0.255 e. The molecule has 0 bridgehead atoms. The average molecular weight is 447 g/mol. The highest BCUT2D eigenvalue weighted by Gasteiger charge is 2.28. The van der Waals surface area contributed by atoms with Gasteiger partial charge in [-0.25, -0.2) is 8.42 Å². The van der Waals surface area contributed by atoms with Crippen LogP contribution in [-0.2, 0) is 10.0 Å². The molecule has 3 aromatic rings. The van der Waals surface area contributed by atoms with Crippen LogP contribution in [-0.4, -0.2) is 31.7 Å². The maximum absolute atomic E-state index is 12.7. The normalized spacial score (nSPS) is 14.8. The highest BCUT2D eigenvalue weighted by Crippen LogP contribution is 2.33. The maximum Gasteiger partial charge on any atom is 0.255 e. The first kappa shape index (κ1) is 20.1. The summed E-state index contributed by atoms with van der Waals surface area (Å²) in [6.07, 6.45) is 1.81. The zero-order chi connectivity index (χ0) is 20.4. The quantitative estimate of drug-likeness (QED) is 0.592. The van der Waals surface area contributed by atoms with E-state index < -0.39 is 10.0 Å². The van der Waals surface area contributed by atoms with E-state index in [2.05, 4.69) is 5.32 Å². The molecule has 29 heavy (non-hydrogen) atoms. The number of anilines is 1. The minimum absolute atomic E-state index is 0.240. The number of nitrogens with one attached hydrogen (secondary N) is 1. The molecule has 150 valence electrons. The fourth-order valence-corrected chi connectivity index (χ4v) is 6.32. The SMILES string of the molecule is O=C(Nc1ccc(Cl)cc1)c1cccc(-c2ccc(S(=O)(=O)N3CCCC3)s2)c1. The number of amides is 1. The molecule has 1 aromatic heterocycles. The number of hydrogen-bond donors (Lipinski definition) is 1. The minimum atomic E-state index is -3.43. The second kappa shape index (κ2) is 8.28. The van der Waals surface area contributed by atoms with Gasteiger partial charge in [-0.05, 0) is 66.9 Å². The van der Waals surface area contributed by atoms with Gasteiger partial charge < -0.3 is 5.32 Å². The molecule has 8 heteroatoms. The Hall–Kier alpha value is -2.19. The van der Waals surface area contributed by atoms with Crippen LogP contribution in [0.4, 0.5) is 5.69 Å². The molecule has 2 heterocycles. The van der Waals surface area contributed by atoms with Crippen molar-refractivity contribution in [2.45, 2.75) is 17.1 Å². The third-order valence-electron chi connectivity index (χ3n) is 4.75. The number of benzene rings is 2. The topological polar surface area (TPSA) is 66.5 Å². The molecule has 1 fully saturated rings. The molecule has 0 spiro atoms. The maximum atomic E-state index is 12.7. The Morgan fingerprint density at radius 2 is 1.72 bits per heavy atom. The highest BCUT2D eigenvalue weighted by atomic mass is 35.5. The molecule has 0 atom stereocenters. The Kier molecular flexibility index (Phi) is 5.74. The minimum Gasteiger partial charge on any atom is -0.322 e. The summed E-state index contributed by atoms with van der Waals surface area (Å²) >= 11 is 7.10. The standard InChI is InChI=1S/C21H19ClN2O3S2/c22-17-6-8-18(9-7-17)23-21(25)16-5-3-4-15(14-16)19-10-11-20(28-19)29(26,27)24-12-1-2-13-24/h3-11,14H,1-2,12-13H2,(H,23,25). The van der Waals surface area contributed by atoms with Gasteiger partial charge in [0.05, 0.1) is 0 Å². The lowest BCUT2D eigenvalue weighted by Crippen LogP contribution is -2.27. The number of hydrogen-bond acceptors (Lipinski definition) is 4. The molecule has 4 rings (SSSR count). The summed E-state index contributed by atoms with van der Waals surface area (Å²) in [5.74, 6) is -0.240. The predicted octanol–water partition coefficient (Wildman–Crippen LogP) is 5.11. The molecule has 1 N–H and O–H groups in total. The average Bonchev–Trinajstić information content (AvgIpc) is 3.43. The molecule has 1 saturated heterocycles. The van der Waals surface area contributed by atoms with Gasteiger partial charge in [0.15, 0.2) is 0 Å². The van der Waals surface area contributed by atoms with Crippen LogP contribution >= 0.6 is 22.9 Å². The molecule has 2 aromatic carbocycles. The van der Waals surface area contributed by atoms with Crippen LogP contribution in [0.25, 0.3) is 10.4 Å². The Balaban J connectivity index is 1.55. The zero-order valence-corrected chi connectivity index (χ0v) is 17.9. The largest absolute Gasteiger partial charge is 0.322 e. The van der Waals surface area contributed by atoms with Crippen molar-refractivity contribution >= 4 is 44.6 Å². The summed E-state index contributed by atoms with van der Waals surface area (Å²) in [6.45, 7) is 1.16. The molecular formula is C21H19ClN2O3S2. The second-order valence-electron chi connectivity index (χ2n) is 6.77. The lowest BCUT2D eigenvalue weighted by atomic mass is 10.1. The zero-order valence-electron chi connectivity index (χ0n) is 15.5. The summed E-state index contributed by atoms with van der Waals surface area (Å²) < 4.78 is 27.4. The van der Waals surface area contributed by atoms with Gasteiger partial charge >= 0.3 is 0 Å². The van der Waals surface area contributed by atoms with Crippen molar-refractivity contribution < 1.29 is 13.2 Å². The highest BCUT2D eigenvalue weighted by molar-refractivity contribution is 7.91. The molecule has 5 nitrogen and oxygen atoms in total. The predicted molar refractivity (Wildman–Crippen MR) is 117 cm³/mol. The first-order chi connectivity index (χ1) is 13.9. The molecule has 1 amide bonds. The van der Waals surface area contributed by atoms with E-state index in [4.69, 9.17) is 11.6 Å². The Bertz CT molecular complexity index is 1130. The third-order valence-corrected chi connectivity index (χ3v) is 8.50. The van der Waals surface area contributed by atoms with Gasteiger partial charge in [-0.3, -0.25) is 4.79 Å². The summed E-state index contributed by atoms with van der Waals surface area (Å²) in [6, 6.07) is 17.5. The molecule has 0 radical (unpaired) electrons. The van der Waals surface area contributed by atoms with Crippen molar-refractivity contribution in [2.75, 3.05) is 18.4 Å². The molecule has 0 saturated carbocycles.